The average molecular weight is 285 g/mol. The van der Waals surface area contributed by atoms with Crippen molar-refractivity contribution in [3.63, 3.8) is 0 Å². The fourth-order valence-corrected chi connectivity index (χ4v) is 2.66. The van der Waals surface area contributed by atoms with E-state index in [1.54, 1.807) is 11.0 Å². The van der Waals surface area contributed by atoms with Crippen molar-refractivity contribution >= 4 is 16.9 Å². The van der Waals surface area contributed by atoms with Crippen LogP contribution < -0.4 is 5.32 Å². The predicted molar refractivity (Wildman–Crippen MR) is 81.3 cm³/mol. The van der Waals surface area contributed by atoms with E-state index in [4.69, 9.17) is 0 Å². The molecule has 0 atom stereocenters. The Kier molecular flexibility index (Phi) is 3.32. The highest BCUT2D eigenvalue weighted by molar-refractivity contribution is 5.89. The van der Waals surface area contributed by atoms with Crippen LogP contribution in [0.4, 0.5) is 5.82 Å². The van der Waals surface area contributed by atoms with E-state index in [9.17, 15) is 0 Å². The van der Waals surface area contributed by atoms with Gasteiger partial charge < -0.3 is 5.32 Å². The Balaban J connectivity index is 1.80. The number of H-pyrrole nitrogens is 1. The third-order valence-corrected chi connectivity index (χ3v) is 3.74. The third kappa shape index (κ3) is 2.35. The van der Waals surface area contributed by atoms with Gasteiger partial charge in [-0.05, 0) is 32.8 Å². The standard InChI is InChI=1S/C14H19N7/c1-8-11(9(2)19-18-8)5-6-15-13-12-10(3)20-21(4)14(12)17-7-16-13/h7H,5-6H2,1-4H3,(H,18,19)(H,15,16,17). The molecular formula is C14H19N7. The first kappa shape index (κ1) is 13.5. The van der Waals surface area contributed by atoms with Crippen molar-refractivity contribution in [3.8, 4) is 0 Å². The molecule has 0 bridgehead atoms. The number of rotatable bonds is 4. The molecule has 0 amide bonds. The Morgan fingerprint density at radius 1 is 1.19 bits per heavy atom. The first-order valence-corrected chi connectivity index (χ1v) is 6.96. The Bertz CT molecular complexity index is 765. The number of hydrogen-bond donors (Lipinski definition) is 2. The van der Waals surface area contributed by atoms with Crippen molar-refractivity contribution in [1.29, 1.82) is 0 Å². The van der Waals surface area contributed by atoms with E-state index >= 15 is 0 Å². The fourth-order valence-electron chi connectivity index (χ4n) is 2.66. The van der Waals surface area contributed by atoms with E-state index < -0.39 is 0 Å². The second kappa shape index (κ2) is 5.16. The SMILES string of the molecule is Cc1n[nH]c(C)c1CCNc1ncnc2c1c(C)nn2C. The monoisotopic (exact) mass is 285 g/mol. The Labute approximate surface area is 122 Å². The van der Waals surface area contributed by atoms with Crippen molar-refractivity contribution in [2.45, 2.75) is 27.2 Å². The molecule has 0 fully saturated rings. The van der Waals surface area contributed by atoms with Crippen molar-refractivity contribution in [3.05, 3.63) is 29.0 Å². The maximum atomic E-state index is 4.40. The van der Waals surface area contributed by atoms with Crippen molar-refractivity contribution < 1.29 is 0 Å². The maximum absolute atomic E-state index is 4.40. The second-order valence-corrected chi connectivity index (χ2v) is 5.22. The number of aryl methyl sites for hydroxylation is 4. The molecule has 2 N–H and O–H groups in total. The summed E-state index contributed by atoms with van der Waals surface area (Å²) in [5.41, 5.74) is 5.22. The molecule has 0 aliphatic rings. The Hall–Kier alpha value is -2.44. The topological polar surface area (TPSA) is 84.3 Å². The van der Waals surface area contributed by atoms with Gasteiger partial charge in [-0.15, -0.1) is 0 Å². The Morgan fingerprint density at radius 2 is 2.00 bits per heavy atom. The summed E-state index contributed by atoms with van der Waals surface area (Å²) in [7, 11) is 1.89. The quantitative estimate of drug-likeness (QED) is 0.761. The van der Waals surface area contributed by atoms with Crippen LogP contribution in [0.2, 0.25) is 0 Å². The molecule has 21 heavy (non-hydrogen) atoms. The van der Waals surface area contributed by atoms with Crippen LogP contribution in [0, 0.1) is 20.8 Å². The molecule has 3 heterocycles. The van der Waals surface area contributed by atoms with Gasteiger partial charge in [0.05, 0.1) is 16.8 Å². The third-order valence-electron chi connectivity index (χ3n) is 3.74. The highest BCUT2D eigenvalue weighted by Crippen LogP contribution is 2.22. The number of nitrogens with one attached hydrogen (secondary N) is 2. The lowest BCUT2D eigenvalue weighted by Crippen LogP contribution is -2.08. The zero-order chi connectivity index (χ0) is 15.0. The van der Waals surface area contributed by atoms with E-state index in [1.165, 1.54) is 5.56 Å². The van der Waals surface area contributed by atoms with Crippen LogP contribution in [-0.4, -0.2) is 36.5 Å². The van der Waals surface area contributed by atoms with Gasteiger partial charge >= 0.3 is 0 Å². The minimum atomic E-state index is 0.793. The Morgan fingerprint density at radius 3 is 2.71 bits per heavy atom. The summed E-state index contributed by atoms with van der Waals surface area (Å²) in [6.07, 6.45) is 2.47. The van der Waals surface area contributed by atoms with E-state index in [0.29, 0.717) is 0 Å². The van der Waals surface area contributed by atoms with Crippen molar-refractivity contribution in [2.75, 3.05) is 11.9 Å². The molecule has 110 valence electrons. The zero-order valence-corrected chi connectivity index (χ0v) is 12.7. The van der Waals surface area contributed by atoms with Crippen LogP contribution >= 0.6 is 0 Å². The smallest absolute Gasteiger partial charge is 0.163 e. The van der Waals surface area contributed by atoms with Gasteiger partial charge in [0.15, 0.2) is 5.65 Å². The lowest BCUT2D eigenvalue weighted by atomic mass is 10.1. The lowest BCUT2D eigenvalue weighted by Gasteiger charge is -2.07. The fraction of sp³-hybridized carbons (Fsp3) is 0.429. The largest absolute Gasteiger partial charge is 0.369 e. The van der Waals surface area contributed by atoms with Crippen molar-refractivity contribution in [1.82, 2.24) is 29.9 Å². The molecule has 3 aromatic heterocycles. The van der Waals surface area contributed by atoms with Crippen LogP contribution in [0.1, 0.15) is 22.6 Å². The number of anilines is 1. The highest BCUT2D eigenvalue weighted by Gasteiger charge is 2.12. The molecule has 0 unspecified atom stereocenters. The number of aromatic nitrogens is 6. The van der Waals surface area contributed by atoms with Gasteiger partial charge in [0.2, 0.25) is 0 Å². The van der Waals surface area contributed by atoms with Gasteiger partial charge in [-0.25, -0.2) is 9.97 Å². The number of nitrogens with zero attached hydrogens (tertiary/aromatic N) is 5. The van der Waals surface area contributed by atoms with E-state index in [0.717, 1.165) is 46.9 Å². The number of fused-ring (bicyclic) bond motifs is 1. The summed E-state index contributed by atoms with van der Waals surface area (Å²) < 4.78 is 1.78. The summed E-state index contributed by atoms with van der Waals surface area (Å²) in [5.74, 6) is 0.837. The van der Waals surface area contributed by atoms with E-state index in [2.05, 4.69) is 30.6 Å². The van der Waals surface area contributed by atoms with Crippen molar-refractivity contribution in [2.24, 2.45) is 7.05 Å². The van der Waals surface area contributed by atoms with Crippen LogP contribution in [0.15, 0.2) is 6.33 Å². The predicted octanol–water partition coefficient (Wildman–Crippen LogP) is 1.67. The van der Waals surface area contributed by atoms with Gasteiger partial charge in [-0.3, -0.25) is 9.78 Å². The van der Waals surface area contributed by atoms with Gasteiger partial charge in [-0.1, -0.05) is 0 Å². The lowest BCUT2D eigenvalue weighted by molar-refractivity contribution is 0.773. The van der Waals surface area contributed by atoms with Gasteiger partial charge in [0.1, 0.15) is 12.1 Å². The summed E-state index contributed by atoms with van der Waals surface area (Å²) in [6.45, 7) is 6.83. The van der Waals surface area contributed by atoms with Gasteiger partial charge in [-0.2, -0.15) is 10.2 Å². The molecule has 0 radical (unpaired) electrons. The summed E-state index contributed by atoms with van der Waals surface area (Å²) in [6, 6.07) is 0. The molecule has 0 aliphatic heterocycles. The maximum Gasteiger partial charge on any atom is 0.163 e. The number of aromatic amines is 1. The molecule has 3 rings (SSSR count). The van der Waals surface area contributed by atoms with Crippen LogP contribution in [-0.2, 0) is 13.5 Å². The number of hydrogen-bond acceptors (Lipinski definition) is 5. The van der Waals surface area contributed by atoms with Gasteiger partial charge in [0, 0.05) is 19.3 Å². The highest BCUT2D eigenvalue weighted by atomic mass is 15.3. The normalized spacial score (nSPS) is 11.2. The van der Waals surface area contributed by atoms with E-state index in [1.807, 2.05) is 27.8 Å². The molecule has 3 aromatic rings. The van der Waals surface area contributed by atoms with E-state index in [-0.39, 0.29) is 0 Å². The van der Waals surface area contributed by atoms with Crippen LogP contribution in [0.3, 0.4) is 0 Å². The molecule has 0 aromatic carbocycles. The minimum Gasteiger partial charge on any atom is -0.369 e. The average Bonchev–Trinajstić information content (AvgIpc) is 2.93. The zero-order valence-electron chi connectivity index (χ0n) is 12.7. The second-order valence-electron chi connectivity index (χ2n) is 5.22. The minimum absolute atomic E-state index is 0.793. The summed E-state index contributed by atoms with van der Waals surface area (Å²) in [4.78, 5) is 8.63. The molecule has 0 saturated heterocycles. The van der Waals surface area contributed by atoms with Crippen LogP contribution in [0.5, 0.6) is 0 Å². The molecule has 7 nitrogen and oxygen atoms in total. The molecule has 0 aliphatic carbocycles. The molecule has 7 heteroatoms. The van der Waals surface area contributed by atoms with Gasteiger partial charge in [0.25, 0.3) is 0 Å². The molecule has 0 spiro atoms. The first-order valence-electron chi connectivity index (χ1n) is 6.96. The van der Waals surface area contributed by atoms with Crippen LogP contribution in [0.25, 0.3) is 11.0 Å². The summed E-state index contributed by atoms with van der Waals surface area (Å²) in [5, 5.41) is 16.0. The summed E-state index contributed by atoms with van der Waals surface area (Å²) >= 11 is 0. The molecular weight excluding hydrogens is 266 g/mol. The first-order chi connectivity index (χ1) is 10.1. The molecule has 0 saturated carbocycles.